The topological polar surface area (TPSA) is 65.8 Å². The van der Waals surface area contributed by atoms with Crippen LogP contribution in [0, 0.1) is 0 Å². The Morgan fingerprint density at radius 1 is 0.892 bits per heavy atom. The summed E-state index contributed by atoms with van der Waals surface area (Å²) in [6.45, 7) is 0.534. The van der Waals surface area contributed by atoms with Crippen LogP contribution in [-0.2, 0) is 13.5 Å². The van der Waals surface area contributed by atoms with E-state index in [0.717, 1.165) is 38.2 Å². The van der Waals surface area contributed by atoms with E-state index in [9.17, 15) is 4.79 Å². The number of carbonyl (C=O) groups excluding carboxylic acids is 1. The number of carbonyl (C=O) groups is 1. The second-order valence-corrected chi connectivity index (χ2v) is 9.77. The number of nitrogens with zero attached hydrogens (tertiary/aromatic N) is 3. The van der Waals surface area contributed by atoms with Gasteiger partial charge in [0.2, 0.25) is 0 Å². The van der Waals surface area contributed by atoms with Crippen LogP contribution < -0.4 is 14.2 Å². The van der Waals surface area contributed by atoms with Gasteiger partial charge in [0.05, 0.1) is 33.1 Å². The summed E-state index contributed by atoms with van der Waals surface area (Å²) < 4.78 is 18.9. The van der Waals surface area contributed by atoms with Crippen molar-refractivity contribution in [3.05, 3.63) is 93.6 Å². The number of aromatic nitrogens is 2. The molecule has 3 aromatic carbocycles. The highest BCUT2D eigenvalue weighted by molar-refractivity contribution is 9.10. The van der Waals surface area contributed by atoms with Crippen LogP contribution in [0.3, 0.4) is 0 Å². The lowest BCUT2D eigenvalue weighted by molar-refractivity contribution is 0.0742. The first-order valence-corrected chi connectivity index (χ1v) is 12.7. The van der Waals surface area contributed by atoms with Crippen LogP contribution >= 0.6 is 15.9 Å². The van der Waals surface area contributed by atoms with Crippen molar-refractivity contribution in [1.82, 2.24) is 14.7 Å². The number of hydrogen-bond acceptors (Lipinski definition) is 5. The molecular formula is C29H28BrN3O4. The number of amides is 1. The van der Waals surface area contributed by atoms with Crippen molar-refractivity contribution in [2.75, 3.05) is 27.9 Å². The Kier molecular flexibility index (Phi) is 6.93. The Balaban J connectivity index is 1.55. The average molecular weight is 562 g/mol. The van der Waals surface area contributed by atoms with Crippen LogP contribution in [0.1, 0.15) is 33.2 Å². The van der Waals surface area contributed by atoms with Crippen molar-refractivity contribution in [2.45, 2.75) is 12.5 Å². The first-order valence-electron chi connectivity index (χ1n) is 11.9. The Labute approximate surface area is 224 Å². The van der Waals surface area contributed by atoms with Crippen molar-refractivity contribution in [3.63, 3.8) is 0 Å². The summed E-state index contributed by atoms with van der Waals surface area (Å²) in [5.41, 5.74) is 5.37. The maximum atomic E-state index is 13.8. The van der Waals surface area contributed by atoms with E-state index in [1.54, 1.807) is 26.0 Å². The van der Waals surface area contributed by atoms with Crippen molar-refractivity contribution < 1.29 is 19.0 Å². The fourth-order valence-electron chi connectivity index (χ4n) is 4.93. The molecule has 37 heavy (non-hydrogen) atoms. The number of aryl methyl sites for hydroxylation is 1. The normalized spacial score (nSPS) is 14.6. The molecule has 0 radical (unpaired) electrons. The molecule has 190 valence electrons. The van der Waals surface area contributed by atoms with Gasteiger partial charge in [-0.25, -0.2) is 0 Å². The maximum Gasteiger partial charge on any atom is 0.273 e. The zero-order valence-corrected chi connectivity index (χ0v) is 22.8. The molecular weight excluding hydrogens is 534 g/mol. The Morgan fingerprint density at radius 3 is 2.24 bits per heavy atom. The maximum absolute atomic E-state index is 13.8. The van der Waals surface area contributed by atoms with E-state index in [0.29, 0.717) is 30.2 Å². The predicted molar refractivity (Wildman–Crippen MR) is 145 cm³/mol. The highest BCUT2D eigenvalue weighted by atomic mass is 79.9. The Hall–Kier alpha value is -3.78. The van der Waals surface area contributed by atoms with Gasteiger partial charge in [0.25, 0.3) is 5.91 Å². The molecule has 4 aromatic rings. The van der Waals surface area contributed by atoms with Gasteiger partial charge in [-0.15, -0.1) is 0 Å². The molecule has 0 saturated carbocycles. The summed E-state index contributed by atoms with van der Waals surface area (Å²) in [6, 6.07) is 21.5. The average Bonchev–Trinajstić information content (AvgIpc) is 3.42. The van der Waals surface area contributed by atoms with Crippen LogP contribution in [-0.4, -0.2) is 48.5 Å². The summed E-state index contributed by atoms with van der Waals surface area (Å²) in [6.07, 6.45) is 0.665. The number of fused-ring (bicyclic) bond motifs is 1. The fraction of sp³-hybridized carbons (Fsp3) is 0.241. The molecule has 5 rings (SSSR count). The van der Waals surface area contributed by atoms with E-state index in [2.05, 4.69) is 28.1 Å². The lowest BCUT2D eigenvalue weighted by atomic mass is 9.96. The second kappa shape index (κ2) is 10.3. The highest BCUT2D eigenvalue weighted by Crippen LogP contribution is 2.44. The molecule has 1 aromatic heterocycles. The minimum absolute atomic E-state index is 0.0295. The molecule has 0 bridgehead atoms. The number of methoxy groups -OCH3 is 3. The van der Waals surface area contributed by atoms with Gasteiger partial charge < -0.3 is 19.1 Å². The minimum atomic E-state index is -0.262. The van der Waals surface area contributed by atoms with Crippen LogP contribution in [0.5, 0.6) is 17.2 Å². The van der Waals surface area contributed by atoms with E-state index in [1.165, 1.54) is 0 Å². The third kappa shape index (κ3) is 4.57. The Morgan fingerprint density at radius 2 is 1.59 bits per heavy atom. The molecule has 2 heterocycles. The fourth-order valence-corrected chi connectivity index (χ4v) is 5.20. The first-order chi connectivity index (χ1) is 17.9. The lowest BCUT2D eigenvalue weighted by Gasteiger charge is -2.27. The molecule has 0 fully saturated rings. The molecule has 1 amide bonds. The number of ether oxygens (including phenoxy) is 3. The second-order valence-electron chi connectivity index (χ2n) is 8.85. The van der Waals surface area contributed by atoms with Gasteiger partial charge in [-0.05, 0) is 66.1 Å². The predicted octanol–water partition coefficient (Wildman–Crippen LogP) is 5.66. The van der Waals surface area contributed by atoms with E-state index in [1.807, 2.05) is 66.5 Å². The lowest BCUT2D eigenvalue weighted by Crippen LogP contribution is -2.32. The quantitative estimate of drug-likeness (QED) is 0.277. The van der Waals surface area contributed by atoms with Gasteiger partial charge in [0.1, 0.15) is 11.4 Å². The first kappa shape index (κ1) is 24.9. The molecule has 0 N–H and O–H groups in total. The van der Waals surface area contributed by atoms with E-state index in [4.69, 9.17) is 19.3 Å². The molecule has 1 atom stereocenters. The molecule has 7 nitrogen and oxygen atoms in total. The summed E-state index contributed by atoms with van der Waals surface area (Å²) >= 11 is 3.54. The SMILES string of the molecule is COc1ccc(-c2nn(C)c3c2[C@@H](c2ccc(Br)cc2)N(CCc2ccc(OC)c(OC)c2)C3=O)cc1. The monoisotopic (exact) mass is 561 g/mol. The van der Waals surface area contributed by atoms with Gasteiger partial charge in [0.15, 0.2) is 11.5 Å². The molecule has 0 unspecified atom stereocenters. The van der Waals surface area contributed by atoms with E-state index < -0.39 is 0 Å². The summed E-state index contributed by atoms with van der Waals surface area (Å²) in [4.78, 5) is 15.8. The third-order valence-corrected chi connectivity index (χ3v) is 7.30. The van der Waals surface area contributed by atoms with Crippen LogP contribution in [0.15, 0.2) is 71.2 Å². The van der Waals surface area contributed by atoms with Crippen molar-refractivity contribution in [3.8, 4) is 28.5 Å². The third-order valence-electron chi connectivity index (χ3n) is 6.77. The van der Waals surface area contributed by atoms with Gasteiger partial charge in [-0.2, -0.15) is 5.10 Å². The minimum Gasteiger partial charge on any atom is -0.497 e. The standard InChI is InChI=1S/C29H28BrN3O4/c1-32-28-25(26(31-32)19-8-12-22(35-2)13-9-19)27(20-6-10-21(30)11-7-20)33(29(28)34)16-15-18-5-14-23(36-3)24(17-18)37-4/h5-14,17,27H,15-16H2,1-4H3/t27-/m1/s1. The number of hydrogen-bond donors (Lipinski definition) is 0. The van der Waals surface area contributed by atoms with E-state index >= 15 is 0 Å². The van der Waals surface area contributed by atoms with Gasteiger partial charge >= 0.3 is 0 Å². The number of halogens is 1. The molecule has 0 aliphatic carbocycles. The summed E-state index contributed by atoms with van der Waals surface area (Å²) in [5, 5.41) is 4.78. The highest BCUT2D eigenvalue weighted by Gasteiger charge is 2.43. The van der Waals surface area contributed by atoms with Gasteiger partial charge in [0, 0.05) is 29.2 Å². The van der Waals surface area contributed by atoms with Crippen molar-refractivity contribution in [1.29, 1.82) is 0 Å². The Bertz CT molecular complexity index is 1430. The zero-order valence-electron chi connectivity index (χ0n) is 21.2. The molecule has 1 aliphatic heterocycles. The molecule has 0 saturated heterocycles. The van der Waals surface area contributed by atoms with Crippen LogP contribution in [0.2, 0.25) is 0 Å². The molecule has 0 spiro atoms. The van der Waals surface area contributed by atoms with Gasteiger partial charge in [-0.1, -0.05) is 34.1 Å². The zero-order chi connectivity index (χ0) is 26.1. The number of benzene rings is 3. The van der Waals surface area contributed by atoms with E-state index in [-0.39, 0.29) is 11.9 Å². The summed E-state index contributed by atoms with van der Waals surface area (Å²) in [5.74, 6) is 2.09. The largest absolute Gasteiger partial charge is 0.497 e. The van der Waals surface area contributed by atoms with Gasteiger partial charge in [-0.3, -0.25) is 9.48 Å². The van der Waals surface area contributed by atoms with Crippen molar-refractivity contribution >= 4 is 21.8 Å². The summed E-state index contributed by atoms with van der Waals surface area (Å²) in [7, 11) is 6.72. The molecule has 1 aliphatic rings. The van der Waals surface area contributed by atoms with Crippen molar-refractivity contribution in [2.24, 2.45) is 7.05 Å². The van der Waals surface area contributed by atoms with Crippen LogP contribution in [0.25, 0.3) is 11.3 Å². The van der Waals surface area contributed by atoms with Crippen LogP contribution in [0.4, 0.5) is 0 Å². The molecule has 8 heteroatoms. The smallest absolute Gasteiger partial charge is 0.273 e. The number of rotatable bonds is 8.